The van der Waals surface area contributed by atoms with Crippen molar-refractivity contribution < 1.29 is 29.5 Å². The molecule has 0 fully saturated rings. The highest BCUT2D eigenvalue weighted by Gasteiger charge is 2.18. The average molecular weight is 945 g/mol. The standard InChI is InChI=1S/C37H47N3O2.C18H25N3O4.2CH4/c1-6-7-8-9-10-11-12-13-14-15-22-42-30-18-21-33(34(41)25-30)37-39-35(31-19-16-26(2)23-28(31)4)38-36(40-37)32-20-17-27(3)24-29(32)5;1-4-5-8-24-10-14(22)11-25-15-6-7-16(17(23)9-15)18-20-12(2)19-13(3)21-18;;/h16-21,23-25,41H,6-15,22H2,1-5H3;6-7,9,14,22-23H,4-5,8,10-11H2,1-3H3;2*1H4. The molecule has 0 saturated carbocycles. The summed E-state index contributed by atoms with van der Waals surface area (Å²) < 4.78 is 16.8. The Kier molecular flexibility index (Phi) is 24.8. The summed E-state index contributed by atoms with van der Waals surface area (Å²) in [5.74, 6) is 4.44. The Labute approximate surface area is 413 Å². The van der Waals surface area contributed by atoms with Gasteiger partial charge in [-0.1, -0.05) is 140 Å². The van der Waals surface area contributed by atoms with E-state index >= 15 is 0 Å². The van der Waals surface area contributed by atoms with Crippen LogP contribution in [0.5, 0.6) is 23.0 Å². The minimum absolute atomic E-state index is 0. The van der Waals surface area contributed by atoms with Gasteiger partial charge in [0.2, 0.25) is 0 Å². The number of phenols is 2. The predicted molar refractivity (Wildman–Crippen MR) is 281 cm³/mol. The minimum Gasteiger partial charge on any atom is -0.507 e. The van der Waals surface area contributed by atoms with E-state index < -0.39 is 6.10 Å². The summed E-state index contributed by atoms with van der Waals surface area (Å²) in [5.41, 5.74) is 7.53. The number of phenolic OH excluding ortho intramolecular Hbond substituents is 2. The zero-order valence-electron chi connectivity index (χ0n) is 41.1. The fraction of sp³-hybridized carbons (Fsp3) is 0.474. The zero-order valence-corrected chi connectivity index (χ0v) is 41.1. The van der Waals surface area contributed by atoms with Crippen LogP contribution in [0.4, 0.5) is 0 Å². The summed E-state index contributed by atoms with van der Waals surface area (Å²) in [6, 6.07) is 22.8. The van der Waals surface area contributed by atoms with Crippen molar-refractivity contribution in [3.8, 4) is 68.5 Å². The fourth-order valence-corrected chi connectivity index (χ4v) is 7.67. The van der Waals surface area contributed by atoms with Gasteiger partial charge in [0.05, 0.1) is 24.3 Å². The summed E-state index contributed by atoms with van der Waals surface area (Å²) in [6.45, 7) is 17.8. The van der Waals surface area contributed by atoms with Gasteiger partial charge in [-0.2, -0.15) is 0 Å². The molecule has 0 bridgehead atoms. The van der Waals surface area contributed by atoms with Crippen molar-refractivity contribution in [1.82, 2.24) is 29.9 Å². The Balaban J connectivity index is 0.000000401. The van der Waals surface area contributed by atoms with Crippen LogP contribution in [0.2, 0.25) is 0 Å². The maximum atomic E-state index is 11.0. The summed E-state index contributed by atoms with van der Waals surface area (Å²) in [4.78, 5) is 27.2. The topological polar surface area (TPSA) is 166 Å². The maximum Gasteiger partial charge on any atom is 0.167 e. The van der Waals surface area contributed by atoms with E-state index in [9.17, 15) is 15.3 Å². The van der Waals surface area contributed by atoms with Gasteiger partial charge in [0.15, 0.2) is 23.3 Å². The van der Waals surface area contributed by atoms with Crippen molar-refractivity contribution in [2.24, 2.45) is 0 Å². The lowest BCUT2D eigenvalue weighted by molar-refractivity contribution is 0.0113. The van der Waals surface area contributed by atoms with Crippen LogP contribution >= 0.6 is 0 Å². The number of aliphatic hydroxyl groups is 1. The lowest BCUT2D eigenvalue weighted by atomic mass is 10.0. The number of nitrogens with zero attached hydrogens (tertiary/aromatic N) is 6. The summed E-state index contributed by atoms with van der Waals surface area (Å²) in [5, 5.41) is 31.1. The molecule has 2 aromatic heterocycles. The molecule has 2 heterocycles. The van der Waals surface area contributed by atoms with E-state index in [2.05, 4.69) is 92.9 Å². The van der Waals surface area contributed by atoms with E-state index in [4.69, 9.17) is 29.2 Å². The van der Waals surface area contributed by atoms with E-state index in [1.54, 1.807) is 32.0 Å². The largest absolute Gasteiger partial charge is 0.507 e. The molecule has 0 saturated heterocycles. The molecule has 0 aliphatic carbocycles. The van der Waals surface area contributed by atoms with Crippen LogP contribution in [0, 0.1) is 41.5 Å². The van der Waals surface area contributed by atoms with Gasteiger partial charge in [0.25, 0.3) is 0 Å². The van der Waals surface area contributed by atoms with Crippen LogP contribution in [-0.4, -0.2) is 77.8 Å². The number of hydrogen-bond donors (Lipinski definition) is 3. The molecule has 1 atom stereocenters. The number of rotatable bonds is 24. The van der Waals surface area contributed by atoms with Gasteiger partial charge in [-0.3, -0.25) is 0 Å². The molecule has 0 aliphatic rings. The molecule has 0 amide bonds. The third-order valence-electron chi connectivity index (χ3n) is 11.3. The first-order chi connectivity index (χ1) is 32.3. The van der Waals surface area contributed by atoms with E-state index in [0.29, 0.717) is 70.8 Å². The Bertz CT molecular complexity index is 2390. The molecular formula is C57H80N6O6. The van der Waals surface area contributed by atoms with Crippen molar-refractivity contribution >= 4 is 0 Å². The zero-order chi connectivity index (χ0) is 48.1. The number of aliphatic hydroxyl groups excluding tert-OH is 1. The molecule has 69 heavy (non-hydrogen) atoms. The van der Waals surface area contributed by atoms with E-state index in [1.807, 2.05) is 12.1 Å². The van der Waals surface area contributed by atoms with Gasteiger partial charge >= 0.3 is 0 Å². The first-order valence-corrected chi connectivity index (χ1v) is 24.1. The average Bonchev–Trinajstić information content (AvgIpc) is 3.29. The molecule has 1 unspecified atom stereocenters. The SMILES string of the molecule is C.C.CCCCCCCCCCCCOc1ccc(-c2nc(-c3ccc(C)cc3C)nc(-c3ccc(C)cc3C)n2)c(O)c1.CCCCOCC(O)COc1ccc(-c2nc(C)nc(C)n2)c(O)c1. The second kappa shape index (κ2) is 29.8. The number of aromatic nitrogens is 6. The summed E-state index contributed by atoms with van der Waals surface area (Å²) in [7, 11) is 0. The Morgan fingerprint density at radius 1 is 0.435 bits per heavy atom. The van der Waals surface area contributed by atoms with Gasteiger partial charge < -0.3 is 29.5 Å². The van der Waals surface area contributed by atoms with Crippen LogP contribution < -0.4 is 9.47 Å². The van der Waals surface area contributed by atoms with Crippen molar-refractivity contribution in [2.75, 3.05) is 26.4 Å². The van der Waals surface area contributed by atoms with E-state index in [-0.39, 0.29) is 39.6 Å². The normalized spacial score (nSPS) is 11.2. The molecule has 4 aromatic carbocycles. The molecular weight excluding hydrogens is 865 g/mol. The number of aryl methyl sites for hydroxylation is 6. The first-order valence-electron chi connectivity index (χ1n) is 24.1. The van der Waals surface area contributed by atoms with Crippen LogP contribution in [0.1, 0.15) is 140 Å². The second-order valence-corrected chi connectivity index (χ2v) is 17.5. The van der Waals surface area contributed by atoms with E-state index in [0.717, 1.165) is 41.5 Å². The number of hydrogen-bond acceptors (Lipinski definition) is 12. The minimum atomic E-state index is -0.715. The van der Waals surface area contributed by atoms with Crippen LogP contribution in [-0.2, 0) is 4.74 Å². The summed E-state index contributed by atoms with van der Waals surface area (Å²) >= 11 is 0. The van der Waals surface area contributed by atoms with E-state index in [1.165, 1.54) is 75.0 Å². The molecule has 6 rings (SSSR count). The van der Waals surface area contributed by atoms with Gasteiger partial charge in [-0.25, -0.2) is 29.9 Å². The monoisotopic (exact) mass is 945 g/mol. The number of aromatic hydroxyl groups is 2. The van der Waals surface area contributed by atoms with Crippen molar-refractivity contribution in [2.45, 2.75) is 153 Å². The number of benzene rings is 4. The van der Waals surface area contributed by atoms with Gasteiger partial charge in [0.1, 0.15) is 47.4 Å². The van der Waals surface area contributed by atoms with Crippen molar-refractivity contribution in [1.29, 1.82) is 0 Å². The van der Waals surface area contributed by atoms with Gasteiger partial charge in [-0.15, -0.1) is 0 Å². The quantitative estimate of drug-likeness (QED) is 0.0492. The molecule has 0 radical (unpaired) electrons. The van der Waals surface area contributed by atoms with Crippen LogP contribution in [0.3, 0.4) is 0 Å². The highest BCUT2D eigenvalue weighted by Crippen LogP contribution is 2.35. The predicted octanol–water partition coefficient (Wildman–Crippen LogP) is 13.8. The smallest absolute Gasteiger partial charge is 0.167 e. The number of ether oxygens (including phenoxy) is 3. The molecule has 12 nitrogen and oxygen atoms in total. The second-order valence-electron chi connectivity index (χ2n) is 17.5. The first kappa shape index (κ1) is 57.3. The lowest BCUT2D eigenvalue weighted by Crippen LogP contribution is -2.23. The molecule has 3 N–H and O–H groups in total. The molecule has 12 heteroatoms. The third-order valence-corrected chi connectivity index (χ3v) is 11.3. The Morgan fingerprint density at radius 3 is 1.32 bits per heavy atom. The fourth-order valence-electron chi connectivity index (χ4n) is 7.67. The number of unbranched alkanes of at least 4 members (excludes halogenated alkanes) is 10. The molecule has 6 aromatic rings. The summed E-state index contributed by atoms with van der Waals surface area (Å²) in [6.07, 6.45) is 14.2. The third kappa shape index (κ3) is 18.5. The molecule has 0 aliphatic heterocycles. The Morgan fingerprint density at radius 2 is 0.855 bits per heavy atom. The van der Waals surface area contributed by atoms with Crippen LogP contribution in [0.15, 0.2) is 72.8 Å². The van der Waals surface area contributed by atoms with Gasteiger partial charge in [0, 0.05) is 29.9 Å². The lowest BCUT2D eigenvalue weighted by Gasteiger charge is -2.13. The Hall–Kier alpha value is -5.98. The maximum absolute atomic E-state index is 11.0. The van der Waals surface area contributed by atoms with Crippen LogP contribution in [0.25, 0.3) is 45.6 Å². The molecule has 374 valence electrons. The van der Waals surface area contributed by atoms with Crippen molar-refractivity contribution in [3.63, 3.8) is 0 Å². The molecule has 0 spiro atoms. The van der Waals surface area contributed by atoms with Gasteiger partial charge in [-0.05, 0) is 89.8 Å². The van der Waals surface area contributed by atoms with Crippen molar-refractivity contribution in [3.05, 3.63) is 107 Å². The highest BCUT2D eigenvalue weighted by molar-refractivity contribution is 5.72. The highest BCUT2D eigenvalue weighted by atomic mass is 16.5.